The van der Waals surface area contributed by atoms with Gasteiger partial charge >= 0.3 is 5.91 Å². The van der Waals surface area contributed by atoms with Gasteiger partial charge < -0.3 is 9.73 Å². The maximum atomic E-state index is 12.1. The SMILES string of the molecule is CCCCCNC(=S)NNC(=O)c1ccc(-c2ccc([N+](=O)[O-])cc2Cl)o1. The number of unbranched alkanes of at least 4 members (excludes halogenated alkanes) is 2. The summed E-state index contributed by atoms with van der Waals surface area (Å²) in [5, 5.41) is 14.2. The minimum absolute atomic E-state index is 0.0423. The molecule has 0 unspecified atom stereocenters. The van der Waals surface area contributed by atoms with E-state index in [0.717, 1.165) is 25.8 Å². The lowest BCUT2D eigenvalue weighted by molar-refractivity contribution is -0.384. The smallest absolute Gasteiger partial charge is 0.305 e. The van der Waals surface area contributed by atoms with E-state index in [9.17, 15) is 14.9 Å². The summed E-state index contributed by atoms with van der Waals surface area (Å²) in [6.45, 7) is 2.83. The van der Waals surface area contributed by atoms with Gasteiger partial charge in [-0.15, -0.1) is 0 Å². The number of benzene rings is 1. The quantitative estimate of drug-likeness (QED) is 0.275. The molecule has 2 rings (SSSR count). The number of non-ortho nitro benzene ring substituents is 1. The monoisotopic (exact) mass is 410 g/mol. The number of hydrogen-bond donors (Lipinski definition) is 3. The van der Waals surface area contributed by atoms with E-state index in [4.69, 9.17) is 28.2 Å². The van der Waals surface area contributed by atoms with Crippen molar-refractivity contribution in [2.24, 2.45) is 0 Å². The molecule has 27 heavy (non-hydrogen) atoms. The Labute approximate surface area is 166 Å². The van der Waals surface area contributed by atoms with Crippen molar-refractivity contribution in [2.75, 3.05) is 6.54 Å². The molecule has 0 fully saturated rings. The number of carbonyl (C=O) groups excluding carboxylic acids is 1. The van der Waals surface area contributed by atoms with Crippen LogP contribution >= 0.6 is 23.8 Å². The van der Waals surface area contributed by atoms with Gasteiger partial charge in [-0.2, -0.15) is 0 Å². The molecule has 1 aromatic heterocycles. The summed E-state index contributed by atoms with van der Waals surface area (Å²) in [6.07, 6.45) is 3.20. The molecule has 0 aliphatic heterocycles. The third kappa shape index (κ3) is 5.93. The van der Waals surface area contributed by atoms with Crippen molar-refractivity contribution in [3.8, 4) is 11.3 Å². The molecule has 3 N–H and O–H groups in total. The van der Waals surface area contributed by atoms with E-state index in [1.807, 2.05) is 0 Å². The summed E-state index contributed by atoms with van der Waals surface area (Å²) >= 11 is 11.1. The number of hydrazine groups is 1. The van der Waals surface area contributed by atoms with Crippen molar-refractivity contribution in [1.82, 2.24) is 16.2 Å². The van der Waals surface area contributed by atoms with Crippen LogP contribution in [0.1, 0.15) is 36.7 Å². The largest absolute Gasteiger partial charge is 0.451 e. The molecule has 8 nitrogen and oxygen atoms in total. The van der Waals surface area contributed by atoms with Gasteiger partial charge in [0.1, 0.15) is 5.76 Å². The van der Waals surface area contributed by atoms with Crippen LogP contribution in [0.4, 0.5) is 5.69 Å². The molecule has 2 aromatic rings. The number of amides is 1. The highest BCUT2D eigenvalue weighted by Crippen LogP contribution is 2.32. The van der Waals surface area contributed by atoms with Gasteiger partial charge in [-0.25, -0.2) is 0 Å². The second-order valence-corrected chi connectivity index (χ2v) is 6.44. The molecule has 0 saturated heterocycles. The highest BCUT2D eigenvalue weighted by Gasteiger charge is 2.16. The second-order valence-electron chi connectivity index (χ2n) is 5.63. The average Bonchev–Trinajstić information content (AvgIpc) is 3.13. The van der Waals surface area contributed by atoms with Crippen molar-refractivity contribution in [3.63, 3.8) is 0 Å². The number of nitrogens with zero attached hydrogens (tertiary/aromatic N) is 1. The van der Waals surface area contributed by atoms with Crippen LogP contribution in [0.2, 0.25) is 5.02 Å². The zero-order chi connectivity index (χ0) is 19.8. The molecule has 0 radical (unpaired) electrons. The molecule has 0 saturated carbocycles. The number of rotatable bonds is 7. The Morgan fingerprint density at radius 1 is 1.26 bits per heavy atom. The molecule has 1 aromatic carbocycles. The molecule has 0 spiro atoms. The van der Waals surface area contributed by atoms with Crippen molar-refractivity contribution < 1.29 is 14.1 Å². The number of nitro groups is 1. The number of carbonyl (C=O) groups is 1. The predicted molar refractivity (Wildman–Crippen MR) is 107 cm³/mol. The molecular weight excluding hydrogens is 392 g/mol. The van der Waals surface area contributed by atoms with Gasteiger partial charge in [-0.05, 0) is 36.8 Å². The Morgan fingerprint density at radius 3 is 2.70 bits per heavy atom. The summed E-state index contributed by atoms with van der Waals surface area (Å²) in [6, 6.07) is 7.04. The molecule has 1 amide bonds. The molecule has 0 bridgehead atoms. The molecule has 0 atom stereocenters. The van der Waals surface area contributed by atoms with Crippen LogP contribution in [0.3, 0.4) is 0 Å². The first-order chi connectivity index (χ1) is 12.9. The fourth-order valence-corrected chi connectivity index (χ4v) is 2.64. The van der Waals surface area contributed by atoms with E-state index in [0.29, 0.717) is 16.4 Å². The van der Waals surface area contributed by atoms with E-state index in [1.165, 1.54) is 24.3 Å². The highest BCUT2D eigenvalue weighted by molar-refractivity contribution is 7.80. The van der Waals surface area contributed by atoms with Crippen molar-refractivity contribution in [3.05, 3.63) is 51.2 Å². The maximum absolute atomic E-state index is 12.1. The molecule has 0 aliphatic rings. The lowest BCUT2D eigenvalue weighted by Crippen LogP contribution is -2.46. The van der Waals surface area contributed by atoms with Crippen molar-refractivity contribution in [2.45, 2.75) is 26.2 Å². The van der Waals surface area contributed by atoms with Gasteiger partial charge in [0.2, 0.25) is 0 Å². The van der Waals surface area contributed by atoms with Gasteiger partial charge in [-0.1, -0.05) is 31.4 Å². The molecule has 10 heteroatoms. The van der Waals surface area contributed by atoms with Crippen molar-refractivity contribution in [1.29, 1.82) is 0 Å². The third-order valence-corrected chi connectivity index (χ3v) is 4.17. The van der Waals surface area contributed by atoms with Gasteiger partial charge in [0.05, 0.1) is 9.95 Å². The lowest BCUT2D eigenvalue weighted by atomic mass is 10.1. The summed E-state index contributed by atoms with van der Waals surface area (Å²) < 4.78 is 5.49. The summed E-state index contributed by atoms with van der Waals surface area (Å²) in [5.41, 5.74) is 5.35. The van der Waals surface area contributed by atoms with Gasteiger partial charge in [0.15, 0.2) is 10.9 Å². The third-order valence-electron chi connectivity index (χ3n) is 3.61. The average molecular weight is 411 g/mol. The molecule has 1 heterocycles. The van der Waals surface area contributed by atoms with Gasteiger partial charge in [-0.3, -0.25) is 25.8 Å². The first-order valence-electron chi connectivity index (χ1n) is 8.30. The minimum Gasteiger partial charge on any atom is -0.451 e. The minimum atomic E-state index is -0.540. The van der Waals surface area contributed by atoms with E-state index >= 15 is 0 Å². The fraction of sp³-hybridized carbons (Fsp3) is 0.294. The summed E-state index contributed by atoms with van der Waals surface area (Å²) in [4.78, 5) is 22.3. The topological polar surface area (TPSA) is 109 Å². The Morgan fingerprint density at radius 2 is 2.04 bits per heavy atom. The number of halogens is 1. The molecule has 144 valence electrons. The number of thiocarbonyl (C=S) groups is 1. The van der Waals surface area contributed by atoms with Gasteiger partial charge in [0.25, 0.3) is 5.69 Å². The standard InChI is InChI=1S/C17H19ClN4O4S/c1-2-3-4-9-19-17(27)21-20-16(23)15-8-7-14(26-15)12-6-5-11(22(24)25)10-13(12)18/h5-8,10H,2-4,9H2,1H3,(H,20,23)(H2,19,21,27). The van der Waals surface area contributed by atoms with Crippen LogP contribution in [-0.2, 0) is 0 Å². The number of nitro benzene ring substituents is 1. The zero-order valence-corrected chi connectivity index (χ0v) is 16.2. The van der Waals surface area contributed by atoms with Gasteiger partial charge in [0, 0.05) is 24.2 Å². The normalized spacial score (nSPS) is 10.3. The maximum Gasteiger partial charge on any atom is 0.305 e. The van der Waals surface area contributed by atoms with E-state index in [1.54, 1.807) is 6.07 Å². The summed E-state index contributed by atoms with van der Waals surface area (Å²) in [5.74, 6) is -0.155. The highest BCUT2D eigenvalue weighted by atomic mass is 35.5. The lowest BCUT2D eigenvalue weighted by Gasteiger charge is -2.10. The second kappa shape index (κ2) is 9.89. The number of nitrogens with one attached hydrogen (secondary N) is 3. The summed E-state index contributed by atoms with van der Waals surface area (Å²) in [7, 11) is 0. The van der Waals surface area contributed by atoms with E-state index in [2.05, 4.69) is 23.1 Å². The Bertz CT molecular complexity index is 840. The molecular formula is C17H19ClN4O4S. The fourth-order valence-electron chi connectivity index (χ4n) is 2.22. The van der Waals surface area contributed by atoms with Crippen LogP contribution in [0.25, 0.3) is 11.3 Å². The van der Waals surface area contributed by atoms with Crippen LogP contribution in [0.15, 0.2) is 34.7 Å². The molecule has 0 aliphatic carbocycles. The first kappa shape index (κ1) is 20.7. The van der Waals surface area contributed by atoms with Crippen molar-refractivity contribution >= 4 is 40.5 Å². The van der Waals surface area contributed by atoms with Crippen LogP contribution in [0.5, 0.6) is 0 Å². The Kier molecular flexibility index (Phi) is 7.56. The van der Waals surface area contributed by atoms with E-state index < -0.39 is 10.8 Å². The van der Waals surface area contributed by atoms with Crippen LogP contribution in [0, 0.1) is 10.1 Å². The Hall–Kier alpha value is -2.65. The Balaban J connectivity index is 1.94. The van der Waals surface area contributed by atoms with Crippen LogP contribution < -0.4 is 16.2 Å². The first-order valence-corrected chi connectivity index (χ1v) is 9.09. The number of furan rings is 1. The zero-order valence-electron chi connectivity index (χ0n) is 14.6. The van der Waals surface area contributed by atoms with E-state index in [-0.39, 0.29) is 16.5 Å². The number of hydrogen-bond acceptors (Lipinski definition) is 5. The predicted octanol–water partition coefficient (Wildman–Crippen LogP) is 3.81. The van der Waals surface area contributed by atoms with Crippen LogP contribution in [-0.4, -0.2) is 22.5 Å².